The maximum atomic E-state index is 12.7. The van der Waals surface area contributed by atoms with Gasteiger partial charge >= 0.3 is 0 Å². The van der Waals surface area contributed by atoms with Gasteiger partial charge in [-0.05, 0) is 36.6 Å². The Labute approximate surface area is 118 Å². The van der Waals surface area contributed by atoms with E-state index in [1.165, 1.54) is 11.1 Å². The van der Waals surface area contributed by atoms with E-state index in [0.29, 0.717) is 0 Å². The van der Waals surface area contributed by atoms with Crippen LogP contribution in [0.15, 0.2) is 42.5 Å². The Morgan fingerprint density at radius 3 is 2.60 bits per heavy atom. The zero-order chi connectivity index (χ0) is 13.7. The van der Waals surface area contributed by atoms with Crippen molar-refractivity contribution in [3.63, 3.8) is 0 Å². The minimum Gasteiger partial charge on any atom is -0.489 e. The van der Waals surface area contributed by atoms with Crippen LogP contribution in [0.3, 0.4) is 0 Å². The summed E-state index contributed by atoms with van der Waals surface area (Å²) in [6.07, 6.45) is 1.63. The third kappa shape index (κ3) is 1.68. The largest absolute Gasteiger partial charge is 0.489 e. The number of Topliss-reactive ketones (excluding diaryl/α,β-unsaturated/α-hetero) is 1. The minimum absolute atomic E-state index is 0.00685. The van der Waals surface area contributed by atoms with Crippen molar-refractivity contribution in [1.82, 2.24) is 0 Å². The van der Waals surface area contributed by atoms with Crippen LogP contribution in [0, 0.1) is 12.8 Å². The average Bonchev–Trinajstić information content (AvgIpc) is 2.47. The van der Waals surface area contributed by atoms with Crippen molar-refractivity contribution in [3.05, 3.63) is 64.7 Å². The summed E-state index contributed by atoms with van der Waals surface area (Å²) in [6, 6.07) is 14.3. The highest BCUT2D eigenvalue weighted by Crippen LogP contribution is 2.37. The van der Waals surface area contributed by atoms with Gasteiger partial charge in [0.25, 0.3) is 0 Å². The van der Waals surface area contributed by atoms with Crippen molar-refractivity contribution < 1.29 is 9.53 Å². The van der Waals surface area contributed by atoms with Crippen LogP contribution in [-0.4, -0.2) is 11.9 Å². The molecule has 0 saturated heterocycles. The van der Waals surface area contributed by atoms with Gasteiger partial charge in [-0.25, -0.2) is 0 Å². The maximum absolute atomic E-state index is 12.7. The number of hydrogen-bond donors (Lipinski definition) is 0. The molecule has 0 N–H and O–H groups in total. The summed E-state index contributed by atoms with van der Waals surface area (Å²) in [5.41, 5.74) is 4.47. The van der Waals surface area contributed by atoms with Gasteiger partial charge in [-0.15, -0.1) is 0 Å². The fourth-order valence-corrected chi connectivity index (χ4v) is 3.37. The lowest BCUT2D eigenvalue weighted by Crippen LogP contribution is -2.43. The Bertz CT molecular complexity index is 702. The molecule has 1 heterocycles. The van der Waals surface area contributed by atoms with Crippen molar-refractivity contribution in [2.75, 3.05) is 0 Å². The van der Waals surface area contributed by atoms with Crippen LogP contribution >= 0.6 is 0 Å². The molecule has 0 spiro atoms. The first-order valence-electron chi connectivity index (χ1n) is 7.10. The number of hydrogen-bond acceptors (Lipinski definition) is 2. The lowest BCUT2D eigenvalue weighted by Gasteiger charge is -2.36. The molecular weight excluding hydrogens is 248 g/mol. The monoisotopic (exact) mass is 264 g/mol. The van der Waals surface area contributed by atoms with Crippen molar-refractivity contribution in [3.8, 4) is 5.75 Å². The highest BCUT2D eigenvalue weighted by Gasteiger charge is 2.40. The van der Waals surface area contributed by atoms with E-state index in [4.69, 9.17) is 4.74 Å². The molecular formula is C18H16O2. The number of fused-ring (bicyclic) bond motifs is 3. The molecule has 2 atom stereocenters. The molecule has 2 aliphatic rings. The topological polar surface area (TPSA) is 26.3 Å². The maximum Gasteiger partial charge on any atom is 0.173 e. The smallest absolute Gasteiger partial charge is 0.173 e. The van der Waals surface area contributed by atoms with Crippen LogP contribution in [0.25, 0.3) is 0 Å². The van der Waals surface area contributed by atoms with Gasteiger partial charge < -0.3 is 4.74 Å². The van der Waals surface area contributed by atoms with Crippen molar-refractivity contribution in [2.24, 2.45) is 5.92 Å². The van der Waals surface area contributed by atoms with Crippen molar-refractivity contribution >= 4 is 5.78 Å². The summed E-state index contributed by atoms with van der Waals surface area (Å²) >= 11 is 0. The number of benzene rings is 2. The predicted molar refractivity (Wildman–Crippen MR) is 77.3 cm³/mol. The summed E-state index contributed by atoms with van der Waals surface area (Å²) in [7, 11) is 0. The molecule has 2 nitrogen and oxygen atoms in total. The van der Waals surface area contributed by atoms with Gasteiger partial charge in [0, 0.05) is 6.42 Å². The molecule has 0 saturated carbocycles. The molecule has 20 heavy (non-hydrogen) atoms. The Balaban J connectivity index is 1.77. The van der Waals surface area contributed by atoms with Gasteiger partial charge in [0.2, 0.25) is 0 Å². The molecule has 0 unspecified atom stereocenters. The van der Waals surface area contributed by atoms with Gasteiger partial charge in [0.05, 0.1) is 11.5 Å². The molecule has 2 heteroatoms. The van der Waals surface area contributed by atoms with Crippen LogP contribution in [0.1, 0.15) is 27.0 Å². The quantitative estimate of drug-likeness (QED) is 0.729. The van der Waals surface area contributed by atoms with E-state index in [2.05, 4.69) is 18.2 Å². The molecule has 0 aromatic heterocycles. The highest BCUT2D eigenvalue weighted by molar-refractivity contribution is 6.02. The Hall–Kier alpha value is -2.09. The van der Waals surface area contributed by atoms with Crippen LogP contribution < -0.4 is 4.74 Å². The number of ether oxygens (including phenoxy) is 1. The van der Waals surface area contributed by atoms with Crippen LogP contribution in [0.4, 0.5) is 0 Å². The number of aryl methyl sites for hydroxylation is 1. The predicted octanol–water partition coefficient (Wildman–Crippen LogP) is 3.35. The molecule has 0 bridgehead atoms. The van der Waals surface area contributed by atoms with E-state index < -0.39 is 0 Å². The van der Waals surface area contributed by atoms with Crippen LogP contribution in [0.5, 0.6) is 5.75 Å². The lowest BCUT2D eigenvalue weighted by atomic mass is 9.76. The van der Waals surface area contributed by atoms with Crippen molar-refractivity contribution in [1.29, 1.82) is 0 Å². The summed E-state index contributed by atoms with van der Waals surface area (Å²) in [5.74, 6) is 0.967. The molecule has 2 aromatic carbocycles. The second kappa shape index (κ2) is 4.20. The summed E-state index contributed by atoms with van der Waals surface area (Å²) in [5, 5.41) is 0. The average molecular weight is 264 g/mol. The van der Waals surface area contributed by atoms with Gasteiger partial charge in [-0.2, -0.15) is 0 Å². The second-order valence-corrected chi connectivity index (χ2v) is 5.80. The third-order valence-corrected chi connectivity index (χ3v) is 4.44. The Morgan fingerprint density at radius 1 is 1.05 bits per heavy atom. The van der Waals surface area contributed by atoms with Gasteiger partial charge in [0.1, 0.15) is 11.9 Å². The molecule has 0 radical (unpaired) electrons. The molecule has 0 fully saturated rings. The fourth-order valence-electron chi connectivity index (χ4n) is 3.37. The Kier molecular flexibility index (Phi) is 2.46. The zero-order valence-corrected chi connectivity index (χ0v) is 11.4. The van der Waals surface area contributed by atoms with Crippen LogP contribution in [-0.2, 0) is 12.8 Å². The zero-order valence-electron chi connectivity index (χ0n) is 11.4. The first-order chi connectivity index (χ1) is 9.72. The standard InChI is InChI=1S/C18H16O2/c1-11-6-7-16-14(8-11)18(19)15-9-12-4-2-3-5-13(12)10-17(15)20-16/h2-8,15,17H,9-10H2,1H3/t15-,17-/m1/s1. The second-order valence-electron chi connectivity index (χ2n) is 5.80. The number of carbonyl (C=O) groups excluding carboxylic acids is 1. The first-order valence-corrected chi connectivity index (χ1v) is 7.10. The molecule has 1 aliphatic carbocycles. The van der Waals surface area contributed by atoms with E-state index >= 15 is 0 Å². The number of carbonyl (C=O) groups is 1. The molecule has 0 amide bonds. The lowest BCUT2D eigenvalue weighted by molar-refractivity contribution is 0.0634. The highest BCUT2D eigenvalue weighted by atomic mass is 16.5. The van der Waals surface area contributed by atoms with Gasteiger partial charge in [0.15, 0.2) is 5.78 Å². The minimum atomic E-state index is -0.0285. The summed E-state index contributed by atoms with van der Waals surface area (Å²) in [4.78, 5) is 12.7. The molecule has 4 rings (SSSR count). The summed E-state index contributed by atoms with van der Waals surface area (Å²) < 4.78 is 6.10. The van der Waals surface area contributed by atoms with Gasteiger partial charge in [-0.1, -0.05) is 35.9 Å². The van der Waals surface area contributed by atoms with Crippen LogP contribution in [0.2, 0.25) is 0 Å². The summed E-state index contributed by atoms with van der Waals surface area (Å²) in [6.45, 7) is 2.01. The van der Waals surface area contributed by atoms with E-state index in [1.54, 1.807) is 0 Å². The fraction of sp³-hybridized carbons (Fsp3) is 0.278. The van der Waals surface area contributed by atoms with Gasteiger partial charge in [-0.3, -0.25) is 4.79 Å². The molecule has 1 aliphatic heterocycles. The third-order valence-electron chi connectivity index (χ3n) is 4.44. The number of rotatable bonds is 0. The normalized spacial score (nSPS) is 23.4. The molecule has 2 aromatic rings. The van der Waals surface area contributed by atoms with E-state index in [-0.39, 0.29) is 17.8 Å². The van der Waals surface area contributed by atoms with E-state index in [9.17, 15) is 4.79 Å². The molecule has 100 valence electrons. The van der Waals surface area contributed by atoms with E-state index in [0.717, 1.165) is 29.7 Å². The van der Waals surface area contributed by atoms with E-state index in [1.807, 2.05) is 31.2 Å². The van der Waals surface area contributed by atoms with Crippen molar-refractivity contribution in [2.45, 2.75) is 25.9 Å². The SMILES string of the molecule is Cc1ccc2c(c1)C(=O)[C@@H]1Cc3ccccc3C[C@H]1O2. The first kappa shape index (κ1) is 11.7. The number of ketones is 1. The Morgan fingerprint density at radius 2 is 1.80 bits per heavy atom.